The average Bonchev–Trinajstić information content (AvgIpc) is 2.39. The van der Waals surface area contributed by atoms with E-state index in [1.165, 1.54) is 31.5 Å². The summed E-state index contributed by atoms with van der Waals surface area (Å²) in [6.45, 7) is 10.0. The van der Waals surface area contributed by atoms with Crippen LogP contribution in [-0.4, -0.2) is 24.5 Å². The van der Waals surface area contributed by atoms with Gasteiger partial charge in [-0.15, -0.1) is 0 Å². The van der Waals surface area contributed by atoms with Crippen LogP contribution in [0.1, 0.15) is 25.3 Å². The molecule has 92 valence electrons. The number of rotatable bonds is 3. The first-order valence-corrected chi connectivity index (χ1v) is 6.48. The topological polar surface area (TPSA) is 29.3 Å². The zero-order valence-corrected chi connectivity index (χ0v) is 10.7. The van der Waals surface area contributed by atoms with E-state index in [-0.39, 0.29) is 0 Å². The molecule has 0 aliphatic carbocycles. The van der Waals surface area contributed by atoms with E-state index in [0.29, 0.717) is 5.92 Å². The fourth-order valence-electron chi connectivity index (χ4n) is 2.61. The molecule has 0 bridgehead atoms. The summed E-state index contributed by atoms with van der Waals surface area (Å²) >= 11 is 0. The molecule has 1 aliphatic heterocycles. The molecular weight excluding hydrogens is 208 g/mol. The van der Waals surface area contributed by atoms with E-state index in [1.54, 1.807) is 0 Å². The number of hydrogen-bond acceptors (Lipinski definition) is 2. The highest BCUT2D eigenvalue weighted by atomic mass is 15.1. The summed E-state index contributed by atoms with van der Waals surface area (Å²) < 4.78 is 0. The highest BCUT2D eigenvalue weighted by molar-refractivity contribution is 5.74. The van der Waals surface area contributed by atoms with Gasteiger partial charge in [-0.1, -0.05) is 31.7 Å². The zero-order valence-electron chi connectivity index (χ0n) is 10.7. The number of hydrogen-bond donors (Lipinski definition) is 1. The minimum absolute atomic E-state index is 0.600. The number of benzene rings is 1. The predicted octanol–water partition coefficient (Wildman–Crippen LogP) is 3.01. The third kappa shape index (κ3) is 2.70. The minimum Gasteiger partial charge on any atom is -0.398 e. The molecule has 0 amide bonds. The Labute approximate surface area is 104 Å². The summed E-state index contributed by atoms with van der Waals surface area (Å²) in [5.41, 5.74) is 9.23. The van der Waals surface area contributed by atoms with Crippen molar-refractivity contribution in [2.45, 2.75) is 19.8 Å². The molecule has 1 heterocycles. The minimum atomic E-state index is 0.600. The smallest absolute Gasteiger partial charge is 0.0390 e. The van der Waals surface area contributed by atoms with Gasteiger partial charge in [0.25, 0.3) is 0 Å². The second kappa shape index (κ2) is 5.37. The second-order valence-electron chi connectivity index (χ2n) is 4.82. The Kier molecular flexibility index (Phi) is 3.85. The lowest BCUT2D eigenvalue weighted by Crippen LogP contribution is -2.33. The number of para-hydroxylation sites is 1. The fourth-order valence-corrected chi connectivity index (χ4v) is 2.61. The van der Waals surface area contributed by atoms with Crippen LogP contribution >= 0.6 is 0 Å². The molecular formula is C15H22N2. The first kappa shape index (κ1) is 12.2. The van der Waals surface area contributed by atoms with Crippen molar-refractivity contribution in [2.75, 3.05) is 25.4 Å². The van der Waals surface area contributed by atoms with Crippen LogP contribution in [0.2, 0.25) is 0 Å². The fraction of sp³-hybridized carbons (Fsp3) is 0.467. The molecule has 0 atom stereocenters. The average molecular weight is 230 g/mol. The van der Waals surface area contributed by atoms with Crippen LogP contribution in [0.15, 0.2) is 30.8 Å². The molecule has 0 spiro atoms. The summed E-state index contributed by atoms with van der Waals surface area (Å²) in [4.78, 5) is 2.50. The van der Waals surface area contributed by atoms with Crippen LogP contribution in [0.5, 0.6) is 0 Å². The van der Waals surface area contributed by atoms with Crippen LogP contribution < -0.4 is 5.73 Å². The monoisotopic (exact) mass is 230 g/mol. The Bertz CT molecular complexity index is 390. The Morgan fingerprint density at radius 3 is 2.59 bits per heavy atom. The molecule has 2 rings (SSSR count). The van der Waals surface area contributed by atoms with E-state index in [4.69, 9.17) is 5.73 Å². The van der Waals surface area contributed by atoms with Crippen molar-refractivity contribution in [2.24, 2.45) is 5.92 Å². The number of anilines is 1. The lowest BCUT2D eigenvalue weighted by Gasteiger charge is -2.32. The predicted molar refractivity (Wildman–Crippen MR) is 74.7 cm³/mol. The summed E-state index contributed by atoms with van der Waals surface area (Å²) in [6.07, 6.45) is 2.42. The van der Waals surface area contributed by atoms with Crippen LogP contribution in [0.4, 0.5) is 5.69 Å². The van der Waals surface area contributed by atoms with Gasteiger partial charge in [0.05, 0.1) is 0 Å². The SMILES string of the molecule is C=C(c1ccccc1N)C1CCN(CC)CC1. The molecule has 17 heavy (non-hydrogen) atoms. The Balaban J connectivity index is 2.04. The van der Waals surface area contributed by atoms with Crippen LogP contribution in [0.25, 0.3) is 5.57 Å². The van der Waals surface area contributed by atoms with Crippen molar-refractivity contribution in [1.82, 2.24) is 4.90 Å². The Morgan fingerprint density at radius 2 is 2.00 bits per heavy atom. The molecule has 2 N–H and O–H groups in total. The lowest BCUT2D eigenvalue weighted by atomic mass is 9.85. The van der Waals surface area contributed by atoms with Crippen molar-refractivity contribution >= 4 is 11.3 Å². The molecule has 0 saturated carbocycles. The van der Waals surface area contributed by atoms with Crippen molar-refractivity contribution < 1.29 is 0 Å². The molecule has 1 aromatic carbocycles. The maximum Gasteiger partial charge on any atom is 0.0390 e. The van der Waals surface area contributed by atoms with Crippen molar-refractivity contribution in [3.63, 3.8) is 0 Å². The van der Waals surface area contributed by atoms with Crippen molar-refractivity contribution in [3.05, 3.63) is 36.4 Å². The van der Waals surface area contributed by atoms with Crippen molar-refractivity contribution in [1.29, 1.82) is 0 Å². The van der Waals surface area contributed by atoms with Gasteiger partial charge in [-0.2, -0.15) is 0 Å². The molecule has 0 aromatic heterocycles. The Hall–Kier alpha value is -1.28. The number of piperidine rings is 1. The molecule has 1 aromatic rings. The second-order valence-corrected chi connectivity index (χ2v) is 4.82. The van der Waals surface area contributed by atoms with E-state index in [0.717, 1.165) is 17.8 Å². The number of nitrogens with two attached hydrogens (primary N) is 1. The van der Waals surface area contributed by atoms with E-state index in [9.17, 15) is 0 Å². The highest BCUT2D eigenvalue weighted by Gasteiger charge is 2.21. The molecule has 1 saturated heterocycles. The normalized spacial score (nSPS) is 18.2. The maximum absolute atomic E-state index is 6.01. The van der Waals surface area contributed by atoms with Gasteiger partial charge in [-0.25, -0.2) is 0 Å². The third-order valence-corrected chi connectivity index (χ3v) is 3.83. The molecule has 2 heteroatoms. The van der Waals surface area contributed by atoms with E-state index in [1.807, 2.05) is 18.2 Å². The number of nitrogen functional groups attached to an aromatic ring is 1. The Morgan fingerprint density at radius 1 is 1.35 bits per heavy atom. The standard InChI is InChI=1S/C15H22N2/c1-3-17-10-8-13(9-11-17)12(2)14-6-4-5-7-15(14)16/h4-7,13H,2-3,8-11,16H2,1H3. The van der Waals surface area contributed by atoms with Gasteiger partial charge in [0.15, 0.2) is 0 Å². The first-order chi connectivity index (χ1) is 8.22. The lowest BCUT2D eigenvalue weighted by molar-refractivity contribution is 0.216. The van der Waals surface area contributed by atoms with Crippen LogP contribution in [0, 0.1) is 5.92 Å². The molecule has 2 nitrogen and oxygen atoms in total. The third-order valence-electron chi connectivity index (χ3n) is 3.83. The summed E-state index contributed by atoms with van der Waals surface area (Å²) in [6, 6.07) is 8.06. The van der Waals surface area contributed by atoms with Crippen LogP contribution in [0.3, 0.4) is 0 Å². The largest absolute Gasteiger partial charge is 0.398 e. The summed E-state index contributed by atoms with van der Waals surface area (Å²) in [5, 5.41) is 0. The quantitative estimate of drug-likeness (QED) is 0.809. The van der Waals surface area contributed by atoms with E-state index < -0.39 is 0 Å². The van der Waals surface area contributed by atoms with E-state index in [2.05, 4.69) is 24.5 Å². The molecule has 1 aliphatic rings. The summed E-state index contributed by atoms with van der Waals surface area (Å²) in [7, 11) is 0. The van der Waals surface area contributed by atoms with Gasteiger partial charge < -0.3 is 10.6 Å². The van der Waals surface area contributed by atoms with Gasteiger partial charge in [-0.3, -0.25) is 0 Å². The number of nitrogens with zero attached hydrogens (tertiary/aromatic N) is 1. The number of likely N-dealkylation sites (tertiary alicyclic amines) is 1. The summed E-state index contributed by atoms with van der Waals surface area (Å²) in [5.74, 6) is 0.600. The van der Waals surface area contributed by atoms with E-state index >= 15 is 0 Å². The van der Waals surface area contributed by atoms with Gasteiger partial charge in [-0.05, 0) is 50.0 Å². The molecule has 0 unspecified atom stereocenters. The highest BCUT2D eigenvalue weighted by Crippen LogP contribution is 2.32. The molecule has 1 fully saturated rings. The first-order valence-electron chi connectivity index (χ1n) is 6.48. The van der Waals surface area contributed by atoms with Crippen molar-refractivity contribution in [3.8, 4) is 0 Å². The van der Waals surface area contributed by atoms with Gasteiger partial charge in [0.1, 0.15) is 0 Å². The zero-order chi connectivity index (χ0) is 12.3. The maximum atomic E-state index is 6.01. The van der Waals surface area contributed by atoms with Gasteiger partial charge in [0.2, 0.25) is 0 Å². The molecule has 0 radical (unpaired) electrons. The van der Waals surface area contributed by atoms with Crippen LogP contribution in [-0.2, 0) is 0 Å². The van der Waals surface area contributed by atoms with Gasteiger partial charge >= 0.3 is 0 Å². The van der Waals surface area contributed by atoms with Gasteiger partial charge in [0, 0.05) is 11.3 Å². The number of allylic oxidation sites excluding steroid dienone is 1.